The number of hydrogen-bond donors (Lipinski definition) is 1. The maximum absolute atomic E-state index is 13.5. The van der Waals surface area contributed by atoms with Crippen molar-refractivity contribution in [1.82, 2.24) is 10.2 Å². The molecule has 2 aromatic carbocycles. The first-order chi connectivity index (χ1) is 13.3. The molecule has 150 valence electrons. The maximum Gasteiger partial charge on any atom is 0.246 e. The molecule has 0 saturated carbocycles. The molecule has 3 rings (SSSR count). The topological polar surface area (TPSA) is 35.6 Å². The zero-order valence-corrected chi connectivity index (χ0v) is 17.7. The molecule has 0 aromatic heterocycles. The number of amides is 1. The lowest BCUT2D eigenvalue weighted by Crippen LogP contribution is -2.58. The van der Waals surface area contributed by atoms with Crippen LogP contribution in [0.1, 0.15) is 24.1 Å². The summed E-state index contributed by atoms with van der Waals surface area (Å²) in [6, 6.07) is 9.43. The zero-order chi connectivity index (χ0) is 20.4. The Kier molecular flexibility index (Phi) is 6.48. The third-order valence-electron chi connectivity index (χ3n) is 5.29. The second-order valence-electron chi connectivity index (χ2n) is 7.17. The quantitative estimate of drug-likeness (QED) is 0.789. The summed E-state index contributed by atoms with van der Waals surface area (Å²) in [5, 5.41) is 4.37. The molecule has 4 nitrogen and oxygen atoms in total. The van der Waals surface area contributed by atoms with Crippen LogP contribution in [0.5, 0.6) is 0 Å². The van der Waals surface area contributed by atoms with E-state index in [9.17, 15) is 9.18 Å². The first kappa shape index (κ1) is 20.9. The lowest BCUT2D eigenvalue weighted by Gasteiger charge is -2.40. The predicted octanol–water partition coefficient (Wildman–Crippen LogP) is 4.44. The van der Waals surface area contributed by atoms with Gasteiger partial charge in [-0.05, 0) is 61.4 Å². The van der Waals surface area contributed by atoms with E-state index in [1.54, 1.807) is 24.1 Å². The summed E-state index contributed by atoms with van der Waals surface area (Å²) < 4.78 is 13.5. The highest BCUT2D eigenvalue weighted by Crippen LogP contribution is 2.29. The highest BCUT2D eigenvalue weighted by Gasteiger charge is 2.33. The first-order valence-electron chi connectivity index (χ1n) is 9.24. The second kappa shape index (κ2) is 8.68. The number of piperazine rings is 1. The van der Waals surface area contributed by atoms with E-state index in [-0.39, 0.29) is 23.8 Å². The summed E-state index contributed by atoms with van der Waals surface area (Å²) in [5.74, 6) is -0.289. The van der Waals surface area contributed by atoms with Gasteiger partial charge in [0, 0.05) is 42.4 Å². The highest BCUT2D eigenvalue weighted by molar-refractivity contribution is 6.34. The molecule has 1 amide bonds. The summed E-state index contributed by atoms with van der Waals surface area (Å²) in [5.41, 5.74) is 2.58. The summed E-state index contributed by atoms with van der Waals surface area (Å²) in [4.78, 5) is 17.1. The number of nitrogens with one attached hydrogen (secondary N) is 1. The lowest BCUT2D eigenvalue weighted by molar-refractivity contribution is -0.133. The fraction of sp³-hybridized carbons (Fsp3) is 0.381. The van der Waals surface area contributed by atoms with Gasteiger partial charge in [0.05, 0.1) is 6.04 Å². The Morgan fingerprint density at radius 3 is 2.57 bits per heavy atom. The number of aryl methyl sites for hydroxylation is 1. The normalized spacial score (nSPS) is 18.1. The van der Waals surface area contributed by atoms with Gasteiger partial charge in [-0.2, -0.15) is 0 Å². The van der Waals surface area contributed by atoms with Crippen LogP contribution in [-0.4, -0.2) is 43.5 Å². The molecule has 0 spiro atoms. The molecule has 7 heteroatoms. The van der Waals surface area contributed by atoms with E-state index in [1.807, 2.05) is 26.0 Å². The average molecular weight is 424 g/mol. The third-order valence-corrected chi connectivity index (χ3v) is 5.73. The van der Waals surface area contributed by atoms with E-state index < -0.39 is 0 Å². The third kappa shape index (κ3) is 4.43. The molecule has 1 N–H and O–H groups in total. The molecule has 0 radical (unpaired) electrons. The fourth-order valence-electron chi connectivity index (χ4n) is 3.62. The largest absolute Gasteiger partial charge is 0.357 e. The summed E-state index contributed by atoms with van der Waals surface area (Å²) >= 11 is 12.2. The van der Waals surface area contributed by atoms with Crippen LogP contribution in [0.4, 0.5) is 10.1 Å². The zero-order valence-electron chi connectivity index (χ0n) is 16.2. The first-order valence-corrected chi connectivity index (χ1v) is 9.99. The van der Waals surface area contributed by atoms with Crippen molar-refractivity contribution in [3.05, 3.63) is 63.4 Å². The van der Waals surface area contributed by atoms with Gasteiger partial charge in [-0.3, -0.25) is 4.79 Å². The van der Waals surface area contributed by atoms with Gasteiger partial charge < -0.3 is 15.1 Å². The van der Waals surface area contributed by atoms with Gasteiger partial charge in [-0.15, -0.1) is 0 Å². The minimum atomic E-state index is -0.375. The number of rotatable bonds is 4. The van der Waals surface area contributed by atoms with E-state index in [2.05, 4.69) is 10.2 Å². The second-order valence-corrected chi connectivity index (χ2v) is 8.04. The Hall–Kier alpha value is -1.82. The monoisotopic (exact) mass is 423 g/mol. The van der Waals surface area contributed by atoms with E-state index in [4.69, 9.17) is 23.2 Å². The van der Waals surface area contributed by atoms with Crippen LogP contribution in [0.2, 0.25) is 10.0 Å². The summed E-state index contributed by atoms with van der Waals surface area (Å²) in [7, 11) is 1.78. The van der Waals surface area contributed by atoms with E-state index in [1.165, 1.54) is 12.1 Å². The van der Waals surface area contributed by atoms with Gasteiger partial charge in [0.2, 0.25) is 5.91 Å². The van der Waals surface area contributed by atoms with Crippen molar-refractivity contribution in [2.24, 2.45) is 0 Å². The van der Waals surface area contributed by atoms with E-state index >= 15 is 0 Å². The molecule has 1 fully saturated rings. The minimum Gasteiger partial charge on any atom is -0.357 e. The van der Waals surface area contributed by atoms with Crippen LogP contribution in [-0.2, 0) is 4.79 Å². The highest BCUT2D eigenvalue weighted by atomic mass is 35.5. The molecule has 1 aliphatic heterocycles. The molecule has 2 atom stereocenters. The van der Waals surface area contributed by atoms with Gasteiger partial charge >= 0.3 is 0 Å². The van der Waals surface area contributed by atoms with Crippen LogP contribution >= 0.6 is 23.2 Å². The van der Waals surface area contributed by atoms with Crippen molar-refractivity contribution in [3.63, 3.8) is 0 Å². The predicted molar refractivity (Wildman–Crippen MR) is 113 cm³/mol. The smallest absolute Gasteiger partial charge is 0.246 e. The molecule has 0 aliphatic carbocycles. The average Bonchev–Trinajstić information content (AvgIpc) is 2.65. The van der Waals surface area contributed by atoms with Gasteiger partial charge in [0.1, 0.15) is 11.9 Å². The van der Waals surface area contributed by atoms with Gasteiger partial charge in [0.25, 0.3) is 0 Å². The molecule has 2 aromatic rings. The Morgan fingerprint density at radius 1 is 1.25 bits per heavy atom. The maximum atomic E-state index is 13.5. The van der Waals surface area contributed by atoms with Crippen molar-refractivity contribution >= 4 is 34.8 Å². The van der Waals surface area contributed by atoms with Gasteiger partial charge in [0.15, 0.2) is 0 Å². The minimum absolute atomic E-state index is 0.0143. The van der Waals surface area contributed by atoms with Crippen LogP contribution in [0.3, 0.4) is 0 Å². The van der Waals surface area contributed by atoms with E-state index in [0.717, 1.165) is 23.4 Å². The van der Waals surface area contributed by atoms with Crippen LogP contribution in [0.25, 0.3) is 0 Å². The molecular formula is C21H24Cl2FN3O. The number of anilines is 1. The van der Waals surface area contributed by atoms with Crippen molar-refractivity contribution in [2.75, 3.05) is 31.6 Å². The molecule has 1 aliphatic rings. The molecule has 1 saturated heterocycles. The Bertz CT molecular complexity index is 856. The van der Waals surface area contributed by atoms with Crippen LogP contribution in [0.15, 0.2) is 36.4 Å². The number of carbonyl (C=O) groups excluding carboxylic acids is 1. The SMILES string of the molecule is Cc1cc(F)ccc1N1CCNCC1C(=O)N(C)C(C)c1cc(Cl)cc(Cl)c1. The van der Waals surface area contributed by atoms with Gasteiger partial charge in [-0.1, -0.05) is 23.2 Å². The molecule has 0 bridgehead atoms. The van der Waals surface area contributed by atoms with Crippen molar-refractivity contribution in [1.29, 1.82) is 0 Å². The standard InChI is InChI=1S/C21H24Cl2FN3O/c1-13-8-18(24)4-5-19(13)27-7-6-25-12-20(27)21(28)26(3)14(2)15-9-16(22)11-17(23)10-15/h4-5,8-11,14,20,25H,6-7,12H2,1-3H3. The number of likely N-dealkylation sites (N-methyl/N-ethyl adjacent to an activating group) is 1. The van der Waals surface area contributed by atoms with E-state index in [0.29, 0.717) is 23.1 Å². The van der Waals surface area contributed by atoms with Crippen LogP contribution in [0, 0.1) is 12.7 Å². The number of halogens is 3. The molecule has 28 heavy (non-hydrogen) atoms. The molecular weight excluding hydrogens is 400 g/mol. The molecule has 2 unspecified atom stereocenters. The lowest BCUT2D eigenvalue weighted by atomic mass is 10.0. The van der Waals surface area contributed by atoms with Crippen LogP contribution < -0.4 is 10.2 Å². The van der Waals surface area contributed by atoms with Crippen molar-refractivity contribution in [3.8, 4) is 0 Å². The van der Waals surface area contributed by atoms with Gasteiger partial charge in [-0.25, -0.2) is 4.39 Å². The number of hydrogen-bond acceptors (Lipinski definition) is 3. The summed E-state index contributed by atoms with van der Waals surface area (Å²) in [6.07, 6.45) is 0. The van der Waals surface area contributed by atoms with Crippen molar-refractivity contribution in [2.45, 2.75) is 25.9 Å². The van der Waals surface area contributed by atoms with Crippen molar-refractivity contribution < 1.29 is 9.18 Å². The Morgan fingerprint density at radius 2 is 1.93 bits per heavy atom. The summed E-state index contributed by atoms with van der Waals surface area (Å²) in [6.45, 7) is 5.78. The number of benzene rings is 2. The number of carbonyl (C=O) groups is 1. The Labute approximate surface area is 175 Å². The molecule has 1 heterocycles. The number of nitrogens with zero attached hydrogens (tertiary/aromatic N) is 2. The Balaban J connectivity index is 1.85. The fourth-order valence-corrected chi connectivity index (χ4v) is 4.16.